The molecule has 0 aromatic heterocycles. The Bertz CT molecular complexity index is 570. The first-order chi connectivity index (χ1) is 7.92. The zero-order valence-electron chi connectivity index (χ0n) is 8.76. The van der Waals surface area contributed by atoms with Gasteiger partial charge in [0.25, 0.3) is 0 Å². The Balaban J connectivity index is 2.42. The molecule has 1 saturated heterocycles. The molecular weight excluding hydrogens is 249 g/mol. The Labute approximate surface area is 97.5 Å². The van der Waals surface area contributed by atoms with Crippen LogP contribution in [0.1, 0.15) is 16.8 Å². The molecule has 1 aromatic carbocycles. The molecule has 1 aromatic rings. The number of halogens is 1. The molecule has 0 aliphatic carbocycles. The van der Waals surface area contributed by atoms with Crippen molar-refractivity contribution >= 4 is 21.7 Å². The molecule has 1 fully saturated rings. The lowest BCUT2D eigenvalue weighted by Crippen LogP contribution is -2.25. The van der Waals surface area contributed by atoms with Crippen molar-refractivity contribution in [2.45, 2.75) is 6.42 Å². The summed E-state index contributed by atoms with van der Waals surface area (Å²) in [4.78, 5) is 10.6. The van der Waals surface area contributed by atoms with Crippen molar-refractivity contribution < 1.29 is 22.7 Å². The van der Waals surface area contributed by atoms with E-state index in [9.17, 15) is 17.6 Å². The van der Waals surface area contributed by atoms with Crippen LogP contribution in [0.3, 0.4) is 0 Å². The molecule has 17 heavy (non-hydrogen) atoms. The number of benzene rings is 1. The standard InChI is InChI=1S/C10H10FNO4S/c11-9-6-7(2-3-8(9)10(13)14)12-4-1-5-17(12,15)16/h2-3,6H,1,4-5H2,(H,13,14). The smallest absolute Gasteiger partial charge is 0.338 e. The lowest BCUT2D eigenvalue weighted by Gasteiger charge is -2.17. The van der Waals surface area contributed by atoms with Gasteiger partial charge in [-0.1, -0.05) is 0 Å². The minimum atomic E-state index is -3.37. The molecule has 2 rings (SSSR count). The Morgan fingerprint density at radius 3 is 2.59 bits per heavy atom. The molecule has 0 spiro atoms. The number of carbonyl (C=O) groups is 1. The van der Waals surface area contributed by atoms with Crippen LogP contribution < -0.4 is 4.31 Å². The van der Waals surface area contributed by atoms with E-state index in [0.717, 1.165) is 16.4 Å². The van der Waals surface area contributed by atoms with Crippen molar-refractivity contribution in [2.24, 2.45) is 0 Å². The summed E-state index contributed by atoms with van der Waals surface area (Å²) in [5.41, 5.74) is -0.296. The van der Waals surface area contributed by atoms with Gasteiger partial charge in [-0.15, -0.1) is 0 Å². The zero-order chi connectivity index (χ0) is 12.6. The number of nitrogens with zero attached hydrogens (tertiary/aromatic N) is 1. The SMILES string of the molecule is O=C(O)c1ccc(N2CCCS2(=O)=O)cc1F. The maximum Gasteiger partial charge on any atom is 0.338 e. The molecule has 0 radical (unpaired) electrons. The lowest BCUT2D eigenvalue weighted by atomic mass is 10.2. The summed E-state index contributed by atoms with van der Waals surface area (Å²) in [5.74, 6) is -2.27. The Morgan fingerprint density at radius 2 is 2.12 bits per heavy atom. The third-order valence-corrected chi connectivity index (χ3v) is 4.44. The Hall–Kier alpha value is -1.63. The van der Waals surface area contributed by atoms with E-state index >= 15 is 0 Å². The van der Waals surface area contributed by atoms with E-state index in [2.05, 4.69) is 0 Å². The van der Waals surface area contributed by atoms with E-state index in [0.29, 0.717) is 13.0 Å². The normalized spacial score (nSPS) is 18.3. The van der Waals surface area contributed by atoms with E-state index in [1.807, 2.05) is 0 Å². The number of aromatic carboxylic acids is 1. The molecule has 5 nitrogen and oxygen atoms in total. The van der Waals surface area contributed by atoms with Crippen molar-refractivity contribution in [1.29, 1.82) is 0 Å². The van der Waals surface area contributed by atoms with Gasteiger partial charge in [0.1, 0.15) is 5.82 Å². The van der Waals surface area contributed by atoms with E-state index in [1.54, 1.807) is 0 Å². The van der Waals surface area contributed by atoms with Crippen LogP contribution in [0.5, 0.6) is 0 Å². The Morgan fingerprint density at radius 1 is 1.41 bits per heavy atom. The summed E-state index contributed by atoms with van der Waals surface area (Å²) in [7, 11) is -3.37. The maximum absolute atomic E-state index is 13.4. The second-order valence-electron chi connectivity index (χ2n) is 3.71. The number of hydrogen-bond acceptors (Lipinski definition) is 3. The fourth-order valence-electron chi connectivity index (χ4n) is 1.76. The highest BCUT2D eigenvalue weighted by atomic mass is 32.2. The van der Waals surface area contributed by atoms with Gasteiger partial charge < -0.3 is 5.11 Å². The molecule has 0 amide bonds. The van der Waals surface area contributed by atoms with Gasteiger partial charge in [0.05, 0.1) is 17.0 Å². The number of rotatable bonds is 2. The summed E-state index contributed by atoms with van der Waals surface area (Å²) >= 11 is 0. The lowest BCUT2D eigenvalue weighted by molar-refractivity contribution is 0.0692. The zero-order valence-corrected chi connectivity index (χ0v) is 9.58. The molecule has 1 heterocycles. The number of hydrogen-bond donors (Lipinski definition) is 1. The van der Waals surface area contributed by atoms with Crippen LogP contribution in [0, 0.1) is 5.82 Å². The molecule has 0 saturated carbocycles. The molecule has 1 aliphatic rings. The van der Waals surface area contributed by atoms with Crippen molar-refractivity contribution in [2.75, 3.05) is 16.6 Å². The number of sulfonamides is 1. The van der Waals surface area contributed by atoms with Gasteiger partial charge in [-0.3, -0.25) is 4.31 Å². The minimum Gasteiger partial charge on any atom is -0.478 e. The highest BCUT2D eigenvalue weighted by molar-refractivity contribution is 7.93. The Kier molecular flexibility index (Phi) is 2.78. The topological polar surface area (TPSA) is 74.7 Å². The van der Waals surface area contributed by atoms with Crippen LogP contribution in [0.4, 0.5) is 10.1 Å². The highest BCUT2D eigenvalue weighted by Gasteiger charge is 2.29. The molecule has 92 valence electrons. The number of carboxylic acids is 1. The maximum atomic E-state index is 13.4. The fourth-order valence-corrected chi connectivity index (χ4v) is 3.32. The molecule has 1 N–H and O–H groups in total. The molecule has 7 heteroatoms. The van der Waals surface area contributed by atoms with Crippen LogP contribution in [0.2, 0.25) is 0 Å². The highest BCUT2D eigenvalue weighted by Crippen LogP contribution is 2.25. The van der Waals surface area contributed by atoms with E-state index < -0.39 is 27.4 Å². The van der Waals surface area contributed by atoms with Crippen LogP contribution in [-0.4, -0.2) is 31.8 Å². The summed E-state index contributed by atoms with van der Waals surface area (Å²) in [5, 5.41) is 8.65. The van der Waals surface area contributed by atoms with Crippen molar-refractivity contribution in [3.63, 3.8) is 0 Å². The third kappa shape index (κ3) is 2.10. The summed E-state index contributed by atoms with van der Waals surface area (Å²) in [6, 6.07) is 3.31. The van der Waals surface area contributed by atoms with Gasteiger partial charge in [0.2, 0.25) is 10.0 Å². The van der Waals surface area contributed by atoms with E-state index in [1.165, 1.54) is 6.07 Å². The molecule has 0 bridgehead atoms. The second kappa shape index (κ2) is 3.99. The predicted molar refractivity (Wildman–Crippen MR) is 59.1 cm³/mol. The first kappa shape index (κ1) is 11.8. The summed E-state index contributed by atoms with van der Waals surface area (Å²) < 4.78 is 37.7. The van der Waals surface area contributed by atoms with Crippen LogP contribution in [0.15, 0.2) is 18.2 Å². The van der Waals surface area contributed by atoms with E-state index in [4.69, 9.17) is 5.11 Å². The quantitative estimate of drug-likeness (QED) is 0.861. The largest absolute Gasteiger partial charge is 0.478 e. The summed E-state index contributed by atoms with van der Waals surface area (Å²) in [6.45, 7) is 0.300. The van der Waals surface area contributed by atoms with Crippen molar-refractivity contribution in [3.8, 4) is 0 Å². The van der Waals surface area contributed by atoms with Gasteiger partial charge >= 0.3 is 5.97 Å². The average molecular weight is 259 g/mol. The minimum absolute atomic E-state index is 0.0370. The van der Waals surface area contributed by atoms with Gasteiger partial charge in [-0.25, -0.2) is 17.6 Å². The monoisotopic (exact) mass is 259 g/mol. The van der Waals surface area contributed by atoms with Crippen LogP contribution in [-0.2, 0) is 10.0 Å². The predicted octanol–water partition coefficient (Wildman–Crippen LogP) is 1.06. The molecular formula is C10H10FNO4S. The third-order valence-electron chi connectivity index (χ3n) is 2.57. The fraction of sp³-hybridized carbons (Fsp3) is 0.300. The van der Waals surface area contributed by atoms with Crippen LogP contribution in [0.25, 0.3) is 0 Å². The second-order valence-corrected chi connectivity index (χ2v) is 5.72. The van der Waals surface area contributed by atoms with Crippen LogP contribution >= 0.6 is 0 Å². The number of anilines is 1. The van der Waals surface area contributed by atoms with Gasteiger partial charge in [-0.05, 0) is 24.6 Å². The van der Waals surface area contributed by atoms with Gasteiger partial charge in [-0.2, -0.15) is 0 Å². The van der Waals surface area contributed by atoms with E-state index in [-0.39, 0.29) is 11.4 Å². The molecule has 0 atom stereocenters. The van der Waals surface area contributed by atoms with Gasteiger partial charge in [0.15, 0.2) is 0 Å². The molecule has 0 unspecified atom stereocenters. The molecule has 1 aliphatic heterocycles. The number of carboxylic acid groups (broad SMARTS) is 1. The van der Waals surface area contributed by atoms with Crippen molar-refractivity contribution in [1.82, 2.24) is 0 Å². The van der Waals surface area contributed by atoms with Gasteiger partial charge in [0, 0.05) is 6.54 Å². The first-order valence-corrected chi connectivity index (χ1v) is 6.56. The first-order valence-electron chi connectivity index (χ1n) is 4.95. The average Bonchev–Trinajstić information content (AvgIpc) is 2.57. The summed E-state index contributed by atoms with van der Waals surface area (Å²) in [6.07, 6.45) is 0.491. The van der Waals surface area contributed by atoms with Crippen molar-refractivity contribution in [3.05, 3.63) is 29.6 Å².